The number of rotatable bonds is 6. The summed E-state index contributed by atoms with van der Waals surface area (Å²) in [6, 6.07) is 4.16. The van der Waals surface area contributed by atoms with Gasteiger partial charge in [-0.2, -0.15) is 0 Å². The first-order valence-electron chi connectivity index (χ1n) is 12.5. The topological polar surface area (TPSA) is 96.7 Å². The first kappa shape index (κ1) is 27.9. The van der Waals surface area contributed by atoms with Gasteiger partial charge < -0.3 is 18.8 Å². The Morgan fingerprint density at radius 1 is 1.05 bits per heavy atom. The van der Waals surface area contributed by atoms with Crippen molar-refractivity contribution in [1.82, 2.24) is 9.55 Å². The van der Waals surface area contributed by atoms with E-state index in [0.29, 0.717) is 25.0 Å². The van der Waals surface area contributed by atoms with Gasteiger partial charge in [-0.05, 0) is 47.2 Å². The molecule has 1 aromatic heterocycles. The molecule has 1 aromatic carbocycles. The molecule has 0 fully saturated rings. The van der Waals surface area contributed by atoms with Gasteiger partial charge in [-0.3, -0.25) is 9.59 Å². The highest BCUT2D eigenvalue weighted by atomic mass is 16.6. The van der Waals surface area contributed by atoms with E-state index in [-0.39, 0.29) is 5.92 Å². The van der Waals surface area contributed by atoms with Gasteiger partial charge >= 0.3 is 17.9 Å². The van der Waals surface area contributed by atoms with Crippen LogP contribution in [0.3, 0.4) is 0 Å². The monoisotopic (exact) mass is 508 g/mol. The number of aromatic nitrogens is 2. The molecule has 3 rings (SSSR count). The summed E-state index contributed by atoms with van der Waals surface area (Å²) in [5, 5.41) is 0. The lowest BCUT2D eigenvalue weighted by Crippen LogP contribution is -2.36. The van der Waals surface area contributed by atoms with E-state index in [4.69, 9.17) is 14.2 Å². The van der Waals surface area contributed by atoms with Crippen LogP contribution in [0.1, 0.15) is 68.0 Å². The van der Waals surface area contributed by atoms with Crippen molar-refractivity contribution in [2.45, 2.75) is 78.1 Å². The Kier molecular flexibility index (Phi) is 9.44. The van der Waals surface area contributed by atoms with Crippen LogP contribution in [0.5, 0.6) is 0 Å². The van der Waals surface area contributed by atoms with Crippen LogP contribution in [0.25, 0.3) is 6.08 Å². The molecule has 8 nitrogen and oxygen atoms in total. The van der Waals surface area contributed by atoms with Crippen LogP contribution < -0.4 is 0 Å². The molecule has 198 valence electrons. The average Bonchev–Trinajstić information content (AvgIpc) is 3.22. The van der Waals surface area contributed by atoms with Crippen LogP contribution in [-0.2, 0) is 48.5 Å². The van der Waals surface area contributed by atoms with E-state index in [9.17, 15) is 14.4 Å². The van der Waals surface area contributed by atoms with Crippen molar-refractivity contribution in [2.24, 2.45) is 7.05 Å². The number of esters is 3. The number of aryl methyl sites for hydroxylation is 2. The normalized spacial score (nSPS) is 19.9. The summed E-state index contributed by atoms with van der Waals surface area (Å²) < 4.78 is 18.9. The SMILES string of the molecule is CC(=O)OC1C=CCC(OC(=O)C=Cc2cn(C)cn2)Cc2c(C)ccc(C(C)C)c2CC1OC(C)=O. The lowest BCUT2D eigenvalue weighted by Gasteiger charge is -2.29. The Labute approximate surface area is 218 Å². The van der Waals surface area contributed by atoms with Crippen molar-refractivity contribution in [3.05, 3.63) is 70.8 Å². The predicted molar refractivity (Wildman–Crippen MR) is 140 cm³/mol. The van der Waals surface area contributed by atoms with E-state index in [0.717, 1.165) is 22.3 Å². The lowest BCUT2D eigenvalue weighted by molar-refractivity contribution is -0.161. The second kappa shape index (κ2) is 12.5. The number of fused-ring (bicyclic) bond motifs is 1. The minimum atomic E-state index is -0.770. The van der Waals surface area contributed by atoms with Gasteiger partial charge in [0.05, 0.1) is 12.0 Å². The van der Waals surface area contributed by atoms with Crippen molar-refractivity contribution < 1.29 is 28.6 Å². The second-order valence-corrected chi connectivity index (χ2v) is 9.73. The Hall–Kier alpha value is -3.68. The van der Waals surface area contributed by atoms with Crippen molar-refractivity contribution in [1.29, 1.82) is 0 Å². The third-order valence-electron chi connectivity index (χ3n) is 6.27. The van der Waals surface area contributed by atoms with Crippen molar-refractivity contribution in [3.63, 3.8) is 0 Å². The fraction of sp³-hybridized carbons (Fsp3) is 0.448. The van der Waals surface area contributed by atoms with Gasteiger partial charge in [0.25, 0.3) is 0 Å². The number of hydrogen-bond donors (Lipinski definition) is 0. The molecule has 0 amide bonds. The molecule has 0 radical (unpaired) electrons. The van der Waals surface area contributed by atoms with Crippen LogP contribution in [0.2, 0.25) is 0 Å². The minimum Gasteiger partial charge on any atom is -0.459 e. The molecule has 1 aliphatic rings. The van der Waals surface area contributed by atoms with Gasteiger partial charge in [0.15, 0.2) is 6.10 Å². The summed E-state index contributed by atoms with van der Waals surface area (Å²) in [6.45, 7) is 8.91. The standard InChI is InChI=1S/C29H36N2O6/c1-18(2)24-12-10-19(3)25-14-23(37-29(34)13-11-22-16-31(6)17-30-22)8-7-9-27(35-20(4)32)28(15-26(24)25)36-21(5)33/h7,9-13,16-18,23,27-28H,8,14-15H2,1-6H3. The van der Waals surface area contributed by atoms with Gasteiger partial charge in [-0.1, -0.05) is 32.1 Å². The fourth-order valence-corrected chi connectivity index (χ4v) is 4.61. The van der Waals surface area contributed by atoms with Crippen LogP contribution in [0.15, 0.2) is 42.9 Å². The maximum Gasteiger partial charge on any atom is 0.331 e. The number of imidazole rings is 1. The van der Waals surface area contributed by atoms with E-state index >= 15 is 0 Å². The molecule has 37 heavy (non-hydrogen) atoms. The summed E-state index contributed by atoms with van der Waals surface area (Å²) in [4.78, 5) is 40.8. The Morgan fingerprint density at radius 2 is 1.78 bits per heavy atom. The molecule has 0 spiro atoms. The smallest absolute Gasteiger partial charge is 0.331 e. The van der Waals surface area contributed by atoms with Crippen molar-refractivity contribution in [2.75, 3.05) is 0 Å². The highest BCUT2D eigenvalue weighted by Gasteiger charge is 2.30. The van der Waals surface area contributed by atoms with E-state index < -0.39 is 36.2 Å². The van der Waals surface area contributed by atoms with Crippen molar-refractivity contribution in [3.8, 4) is 0 Å². The zero-order valence-corrected chi connectivity index (χ0v) is 22.4. The first-order chi connectivity index (χ1) is 17.5. The van der Waals surface area contributed by atoms with Gasteiger partial charge in [0, 0.05) is 52.4 Å². The summed E-state index contributed by atoms with van der Waals surface area (Å²) in [6.07, 6.45) is 9.36. The lowest BCUT2D eigenvalue weighted by atomic mass is 9.83. The maximum atomic E-state index is 12.7. The molecular weight excluding hydrogens is 472 g/mol. The summed E-state index contributed by atoms with van der Waals surface area (Å²) in [5.41, 5.74) is 4.91. The summed E-state index contributed by atoms with van der Waals surface area (Å²) in [5.74, 6) is -1.17. The number of carbonyl (C=O) groups excluding carboxylic acids is 3. The number of benzene rings is 1. The molecule has 8 heteroatoms. The van der Waals surface area contributed by atoms with E-state index in [1.165, 1.54) is 19.9 Å². The Bertz CT molecular complexity index is 1190. The average molecular weight is 509 g/mol. The number of carbonyl (C=O) groups is 3. The molecular formula is C29H36N2O6. The van der Waals surface area contributed by atoms with Crippen LogP contribution >= 0.6 is 0 Å². The maximum absolute atomic E-state index is 12.7. The van der Waals surface area contributed by atoms with Gasteiger partial charge in [-0.15, -0.1) is 0 Å². The largest absolute Gasteiger partial charge is 0.459 e. The molecule has 0 N–H and O–H groups in total. The van der Waals surface area contributed by atoms with Gasteiger partial charge in [-0.25, -0.2) is 9.78 Å². The van der Waals surface area contributed by atoms with Gasteiger partial charge in [0.2, 0.25) is 0 Å². The predicted octanol–water partition coefficient (Wildman–Crippen LogP) is 4.39. The Morgan fingerprint density at radius 3 is 2.41 bits per heavy atom. The minimum absolute atomic E-state index is 0.209. The Balaban J connectivity index is 1.99. The second-order valence-electron chi connectivity index (χ2n) is 9.73. The zero-order valence-electron chi connectivity index (χ0n) is 22.4. The first-order valence-corrected chi connectivity index (χ1v) is 12.5. The highest BCUT2D eigenvalue weighted by Crippen LogP contribution is 2.31. The van der Waals surface area contributed by atoms with E-state index in [2.05, 4.69) is 31.0 Å². The molecule has 0 saturated heterocycles. The number of nitrogens with zero attached hydrogens (tertiary/aromatic N) is 2. The zero-order chi connectivity index (χ0) is 27.1. The molecule has 1 aliphatic carbocycles. The third-order valence-corrected chi connectivity index (χ3v) is 6.27. The molecule has 1 heterocycles. The third kappa shape index (κ3) is 7.90. The number of hydrogen-bond acceptors (Lipinski definition) is 7. The fourth-order valence-electron chi connectivity index (χ4n) is 4.61. The molecule has 3 unspecified atom stereocenters. The van der Waals surface area contributed by atoms with Crippen LogP contribution in [-0.4, -0.2) is 45.8 Å². The summed E-state index contributed by atoms with van der Waals surface area (Å²) in [7, 11) is 1.86. The highest BCUT2D eigenvalue weighted by molar-refractivity contribution is 5.86. The molecule has 3 atom stereocenters. The van der Waals surface area contributed by atoms with Crippen LogP contribution in [0, 0.1) is 6.92 Å². The van der Waals surface area contributed by atoms with E-state index in [1.54, 1.807) is 29.2 Å². The van der Waals surface area contributed by atoms with Gasteiger partial charge in [0.1, 0.15) is 12.2 Å². The van der Waals surface area contributed by atoms with E-state index in [1.807, 2.05) is 20.0 Å². The quantitative estimate of drug-likeness (QED) is 0.247. The molecule has 0 saturated carbocycles. The molecule has 0 bridgehead atoms. The number of ether oxygens (including phenoxy) is 3. The molecule has 2 aromatic rings. The molecule has 0 aliphatic heterocycles. The van der Waals surface area contributed by atoms with Crippen molar-refractivity contribution >= 4 is 24.0 Å². The summed E-state index contributed by atoms with van der Waals surface area (Å²) >= 11 is 0. The van der Waals surface area contributed by atoms with Crippen LogP contribution in [0.4, 0.5) is 0 Å².